The highest BCUT2D eigenvalue weighted by Crippen LogP contribution is 2.22. The van der Waals surface area contributed by atoms with E-state index in [1.807, 2.05) is 65.4 Å². The van der Waals surface area contributed by atoms with Crippen LogP contribution in [0.1, 0.15) is 35.7 Å². The van der Waals surface area contributed by atoms with Crippen molar-refractivity contribution in [2.45, 2.75) is 19.6 Å². The smallest absolute Gasteiger partial charge is 0.167 e. The molecule has 0 aliphatic heterocycles. The molecule has 0 spiro atoms. The van der Waals surface area contributed by atoms with E-state index in [1.54, 1.807) is 20.2 Å². The summed E-state index contributed by atoms with van der Waals surface area (Å²) >= 11 is 0. The normalized spacial score (nSPS) is 11.6. The number of hydrogen-bond acceptors (Lipinski definition) is 6. The van der Waals surface area contributed by atoms with Crippen molar-refractivity contribution in [3.63, 3.8) is 0 Å². The van der Waals surface area contributed by atoms with E-state index >= 15 is 0 Å². The first-order valence-corrected chi connectivity index (χ1v) is 10.6. The van der Waals surface area contributed by atoms with Crippen LogP contribution in [0.5, 0.6) is 5.75 Å². The van der Waals surface area contributed by atoms with Crippen LogP contribution in [-0.2, 0) is 11.3 Å². The fraction of sp³-hybridized carbons (Fsp3) is 0.231. The molecule has 2 aromatic carbocycles. The second-order valence-electron chi connectivity index (χ2n) is 7.47. The number of imidazole rings is 1. The van der Waals surface area contributed by atoms with Crippen LogP contribution < -0.4 is 4.74 Å². The van der Waals surface area contributed by atoms with Crippen LogP contribution in [0.25, 0.3) is 11.3 Å². The minimum Gasteiger partial charge on any atom is -0.491 e. The van der Waals surface area contributed by atoms with E-state index in [1.165, 1.54) is 0 Å². The Balaban J connectivity index is 1.42. The van der Waals surface area contributed by atoms with E-state index < -0.39 is 6.10 Å². The maximum Gasteiger partial charge on any atom is 0.167 e. The average molecular weight is 444 g/mol. The van der Waals surface area contributed by atoms with Crippen molar-refractivity contribution < 1.29 is 19.1 Å². The van der Waals surface area contributed by atoms with Gasteiger partial charge in [-0.3, -0.25) is 0 Å². The highest BCUT2D eigenvalue weighted by Gasteiger charge is 2.12. The SMILES string of the molecule is COCCOc1cccc(C#Cc2ccc(-c3cc(Cn4ccnc4[C@H](C)O)no3)cc2)c1. The molecule has 0 saturated heterocycles. The van der Waals surface area contributed by atoms with Gasteiger partial charge in [-0.15, -0.1) is 0 Å². The summed E-state index contributed by atoms with van der Waals surface area (Å²) in [7, 11) is 1.65. The Morgan fingerprint density at radius 1 is 1.06 bits per heavy atom. The number of aliphatic hydroxyl groups excluding tert-OH is 1. The van der Waals surface area contributed by atoms with Crippen molar-refractivity contribution in [1.82, 2.24) is 14.7 Å². The van der Waals surface area contributed by atoms with Gasteiger partial charge in [0.25, 0.3) is 0 Å². The summed E-state index contributed by atoms with van der Waals surface area (Å²) in [5.74, 6) is 8.38. The summed E-state index contributed by atoms with van der Waals surface area (Å²) in [6.45, 7) is 3.20. The minimum atomic E-state index is -0.648. The van der Waals surface area contributed by atoms with Crippen LogP contribution in [0.2, 0.25) is 0 Å². The van der Waals surface area contributed by atoms with Crippen molar-refractivity contribution in [2.24, 2.45) is 0 Å². The molecule has 0 unspecified atom stereocenters. The highest BCUT2D eigenvalue weighted by atomic mass is 16.5. The fourth-order valence-electron chi connectivity index (χ4n) is 3.29. The van der Waals surface area contributed by atoms with E-state index in [4.69, 9.17) is 14.0 Å². The number of nitrogens with zero attached hydrogens (tertiary/aromatic N) is 3. The molecule has 0 fully saturated rings. The third kappa shape index (κ3) is 5.89. The largest absolute Gasteiger partial charge is 0.491 e. The molecule has 2 heterocycles. The van der Waals surface area contributed by atoms with Gasteiger partial charge in [0, 0.05) is 42.3 Å². The van der Waals surface area contributed by atoms with Gasteiger partial charge < -0.3 is 23.7 Å². The van der Waals surface area contributed by atoms with Crippen LogP contribution in [0.15, 0.2) is 71.5 Å². The molecule has 0 aliphatic carbocycles. The van der Waals surface area contributed by atoms with Crippen molar-refractivity contribution in [2.75, 3.05) is 20.3 Å². The summed E-state index contributed by atoms with van der Waals surface area (Å²) in [5.41, 5.74) is 3.43. The zero-order valence-electron chi connectivity index (χ0n) is 18.6. The van der Waals surface area contributed by atoms with Crippen LogP contribution in [0.3, 0.4) is 0 Å². The first-order chi connectivity index (χ1) is 16.1. The summed E-state index contributed by atoms with van der Waals surface area (Å²) in [4.78, 5) is 4.18. The van der Waals surface area contributed by atoms with Crippen molar-refractivity contribution in [3.05, 3.63) is 89.6 Å². The lowest BCUT2D eigenvalue weighted by Gasteiger charge is -2.07. The predicted octanol–water partition coefficient (Wildman–Crippen LogP) is 4.06. The Labute approximate surface area is 192 Å². The molecule has 2 aromatic heterocycles. The molecule has 1 N–H and O–H groups in total. The van der Waals surface area contributed by atoms with E-state index in [0.717, 1.165) is 28.1 Å². The molecule has 4 aromatic rings. The molecule has 0 amide bonds. The van der Waals surface area contributed by atoms with E-state index in [9.17, 15) is 5.11 Å². The molecule has 33 heavy (non-hydrogen) atoms. The van der Waals surface area contributed by atoms with Gasteiger partial charge in [-0.25, -0.2) is 4.98 Å². The topological polar surface area (TPSA) is 82.5 Å². The Morgan fingerprint density at radius 2 is 1.88 bits per heavy atom. The number of aromatic nitrogens is 3. The molecule has 4 rings (SSSR count). The number of rotatable bonds is 8. The van der Waals surface area contributed by atoms with Gasteiger partial charge in [-0.2, -0.15) is 0 Å². The second kappa shape index (κ2) is 10.6. The monoisotopic (exact) mass is 443 g/mol. The van der Waals surface area contributed by atoms with Crippen LogP contribution in [0.4, 0.5) is 0 Å². The molecule has 0 saturated carbocycles. The third-order valence-corrected chi connectivity index (χ3v) is 4.92. The molecule has 7 nitrogen and oxygen atoms in total. The number of hydrogen-bond donors (Lipinski definition) is 1. The third-order valence-electron chi connectivity index (χ3n) is 4.92. The lowest BCUT2D eigenvalue weighted by atomic mass is 10.1. The lowest BCUT2D eigenvalue weighted by molar-refractivity contribution is 0.146. The second-order valence-corrected chi connectivity index (χ2v) is 7.47. The molecular formula is C26H25N3O4. The zero-order valence-corrected chi connectivity index (χ0v) is 18.6. The quantitative estimate of drug-likeness (QED) is 0.327. The predicted molar refractivity (Wildman–Crippen MR) is 124 cm³/mol. The molecule has 7 heteroatoms. The van der Waals surface area contributed by atoms with Gasteiger partial charge >= 0.3 is 0 Å². The molecule has 1 atom stereocenters. The van der Waals surface area contributed by atoms with E-state index in [-0.39, 0.29) is 0 Å². The molecule has 168 valence electrons. The number of benzene rings is 2. The van der Waals surface area contributed by atoms with E-state index in [2.05, 4.69) is 22.0 Å². The van der Waals surface area contributed by atoms with Crippen LogP contribution in [-0.4, -0.2) is 40.1 Å². The van der Waals surface area contributed by atoms with Gasteiger partial charge in [0.2, 0.25) is 0 Å². The van der Waals surface area contributed by atoms with Crippen LogP contribution in [0, 0.1) is 11.8 Å². The molecular weight excluding hydrogens is 418 g/mol. The lowest BCUT2D eigenvalue weighted by Crippen LogP contribution is -2.07. The van der Waals surface area contributed by atoms with Crippen LogP contribution >= 0.6 is 0 Å². The summed E-state index contributed by atoms with van der Waals surface area (Å²) < 4.78 is 18.0. The summed E-state index contributed by atoms with van der Waals surface area (Å²) in [5, 5.41) is 14.0. The maximum atomic E-state index is 9.81. The Morgan fingerprint density at radius 3 is 2.67 bits per heavy atom. The maximum absolute atomic E-state index is 9.81. The number of ether oxygens (including phenoxy) is 2. The first-order valence-electron chi connectivity index (χ1n) is 10.6. The van der Waals surface area contributed by atoms with Crippen molar-refractivity contribution in [3.8, 4) is 28.9 Å². The van der Waals surface area contributed by atoms with E-state index in [0.29, 0.717) is 31.3 Å². The Hall–Kier alpha value is -3.86. The standard InChI is InChI=1S/C26H25N3O4/c1-19(30)26-27-12-13-29(26)18-23-17-25(33-28-23)22-10-8-20(9-11-22)6-7-21-4-3-5-24(16-21)32-15-14-31-2/h3-5,8-13,16-17,19,30H,14-15,18H2,1-2H3/t19-/m0/s1. The van der Waals surface area contributed by atoms with Crippen molar-refractivity contribution in [1.29, 1.82) is 0 Å². The molecule has 0 bridgehead atoms. The Bertz CT molecular complexity index is 1250. The average Bonchev–Trinajstić information content (AvgIpc) is 3.49. The van der Waals surface area contributed by atoms with Gasteiger partial charge in [-0.05, 0) is 49.4 Å². The minimum absolute atomic E-state index is 0.474. The summed E-state index contributed by atoms with van der Waals surface area (Å²) in [6, 6.07) is 17.4. The molecule has 0 aliphatic rings. The molecule has 0 radical (unpaired) electrons. The summed E-state index contributed by atoms with van der Waals surface area (Å²) in [6.07, 6.45) is 2.82. The highest BCUT2D eigenvalue weighted by molar-refractivity contribution is 5.59. The number of aliphatic hydroxyl groups is 1. The van der Waals surface area contributed by atoms with Crippen molar-refractivity contribution >= 4 is 0 Å². The Kier molecular flexibility index (Phi) is 7.20. The zero-order chi connectivity index (χ0) is 23.0. The van der Waals surface area contributed by atoms with Gasteiger partial charge in [0.15, 0.2) is 5.76 Å². The number of methoxy groups -OCH3 is 1. The van der Waals surface area contributed by atoms with Gasteiger partial charge in [0.05, 0.1) is 13.2 Å². The van der Waals surface area contributed by atoms with Gasteiger partial charge in [-0.1, -0.05) is 23.1 Å². The fourth-order valence-corrected chi connectivity index (χ4v) is 3.29. The van der Waals surface area contributed by atoms with Gasteiger partial charge in [0.1, 0.15) is 30.0 Å². The first kappa shape index (κ1) is 22.3.